The van der Waals surface area contributed by atoms with E-state index in [0.717, 1.165) is 29.1 Å². The summed E-state index contributed by atoms with van der Waals surface area (Å²) in [6.45, 7) is 2.56. The lowest BCUT2D eigenvalue weighted by Crippen LogP contribution is -2.36. The van der Waals surface area contributed by atoms with Crippen molar-refractivity contribution in [3.05, 3.63) is 52.2 Å². The number of hydrogen-bond acceptors (Lipinski definition) is 4. The van der Waals surface area contributed by atoms with Gasteiger partial charge in [-0.15, -0.1) is 11.3 Å². The number of rotatable bonds is 5. The largest absolute Gasteiger partial charge is 0.312 e. The smallest absolute Gasteiger partial charge is 0.240 e. The molecule has 0 fully saturated rings. The maximum absolute atomic E-state index is 12.5. The number of anilines is 1. The van der Waals surface area contributed by atoms with Gasteiger partial charge >= 0.3 is 0 Å². The third-order valence-corrected chi connectivity index (χ3v) is 5.18. The molecule has 2 aromatic rings. The average Bonchev–Trinajstić information content (AvgIpc) is 3.18. The lowest BCUT2D eigenvalue weighted by molar-refractivity contribution is -0.125. The molecule has 130 valence electrons. The third-order valence-electron chi connectivity index (χ3n) is 4.20. The summed E-state index contributed by atoms with van der Waals surface area (Å²) in [4.78, 5) is 27.3. The summed E-state index contributed by atoms with van der Waals surface area (Å²) >= 11 is 1.57. The van der Waals surface area contributed by atoms with Gasteiger partial charge in [-0.3, -0.25) is 9.59 Å². The van der Waals surface area contributed by atoms with Crippen molar-refractivity contribution in [2.75, 3.05) is 11.4 Å². The Balaban J connectivity index is 1.53. The minimum atomic E-state index is -0.241. The molecule has 5 nitrogen and oxygen atoms in total. The van der Waals surface area contributed by atoms with Crippen LogP contribution in [0, 0.1) is 0 Å². The summed E-state index contributed by atoms with van der Waals surface area (Å²) in [5.41, 5.74) is 5.47. The third kappa shape index (κ3) is 4.33. The molecule has 1 aromatic heterocycles. The summed E-state index contributed by atoms with van der Waals surface area (Å²) in [5.74, 6) is -0.254. The number of nitrogens with one attached hydrogen (secondary N) is 1. The van der Waals surface area contributed by atoms with Crippen molar-refractivity contribution in [2.24, 2.45) is 5.10 Å². The van der Waals surface area contributed by atoms with Crippen molar-refractivity contribution in [3.63, 3.8) is 0 Å². The standard InChI is InChI=1S/C19H21N3O2S/c1-14(17-9-5-13-25-17)20-21-18(23)10-11-19(24)22-12-4-7-15-6-2-3-8-16(15)22/h2-3,5-6,8-9,13H,4,7,10-12H2,1H3,(H,21,23)/b20-14+. The molecule has 25 heavy (non-hydrogen) atoms. The second-order valence-electron chi connectivity index (χ2n) is 5.99. The monoisotopic (exact) mass is 355 g/mol. The Morgan fingerprint density at radius 1 is 1.20 bits per heavy atom. The van der Waals surface area contributed by atoms with Gasteiger partial charge in [0.25, 0.3) is 0 Å². The normalized spacial score (nSPS) is 14.1. The van der Waals surface area contributed by atoms with Crippen molar-refractivity contribution in [2.45, 2.75) is 32.6 Å². The van der Waals surface area contributed by atoms with Crippen LogP contribution in [0.25, 0.3) is 0 Å². The van der Waals surface area contributed by atoms with Gasteiger partial charge in [0.1, 0.15) is 0 Å². The van der Waals surface area contributed by atoms with Gasteiger partial charge in [-0.1, -0.05) is 24.3 Å². The van der Waals surface area contributed by atoms with Gasteiger partial charge in [0.05, 0.1) is 5.71 Å². The van der Waals surface area contributed by atoms with Crippen molar-refractivity contribution in [1.29, 1.82) is 0 Å². The Hall–Kier alpha value is -2.47. The zero-order valence-electron chi connectivity index (χ0n) is 14.2. The number of fused-ring (bicyclic) bond motifs is 1. The van der Waals surface area contributed by atoms with E-state index in [4.69, 9.17) is 0 Å². The quantitative estimate of drug-likeness (QED) is 0.660. The van der Waals surface area contributed by atoms with E-state index in [1.807, 2.05) is 42.6 Å². The molecule has 0 aliphatic carbocycles. The highest BCUT2D eigenvalue weighted by Crippen LogP contribution is 2.27. The van der Waals surface area contributed by atoms with Crippen LogP contribution in [0.3, 0.4) is 0 Å². The molecule has 3 rings (SSSR count). The van der Waals surface area contributed by atoms with Gasteiger partial charge in [0.2, 0.25) is 11.8 Å². The molecule has 1 aliphatic heterocycles. The molecule has 2 amide bonds. The van der Waals surface area contributed by atoms with Crippen LogP contribution < -0.4 is 10.3 Å². The summed E-state index contributed by atoms with van der Waals surface area (Å²) in [6.07, 6.45) is 2.28. The van der Waals surface area contributed by atoms with Gasteiger partial charge in [-0.25, -0.2) is 5.43 Å². The minimum absolute atomic E-state index is 0.0127. The minimum Gasteiger partial charge on any atom is -0.312 e. The Labute approximate surface area is 151 Å². The maximum atomic E-state index is 12.5. The van der Waals surface area contributed by atoms with Crippen molar-refractivity contribution in [1.82, 2.24) is 5.43 Å². The zero-order chi connectivity index (χ0) is 17.6. The van der Waals surface area contributed by atoms with Crippen molar-refractivity contribution in [3.8, 4) is 0 Å². The molecular formula is C19H21N3O2S. The molecule has 0 saturated carbocycles. The number of carbonyl (C=O) groups excluding carboxylic acids is 2. The van der Waals surface area contributed by atoms with E-state index < -0.39 is 0 Å². The highest BCUT2D eigenvalue weighted by molar-refractivity contribution is 7.12. The molecule has 0 unspecified atom stereocenters. The summed E-state index contributed by atoms with van der Waals surface area (Å²) in [7, 11) is 0. The van der Waals surface area contributed by atoms with E-state index in [0.29, 0.717) is 6.54 Å². The number of amides is 2. The molecular weight excluding hydrogens is 334 g/mol. The first-order chi connectivity index (χ1) is 12.1. The summed E-state index contributed by atoms with van der Waals surface area (Å²) < 4.78 is 0. The van der Waals surface area contributed by atoms with Crippen molar-refractivity contribution < 1.29 is 9.59 Å². The zero-order valence-corrected chi connectivity index (χ0v) is 15.0. The van der Waals surface area contributed by atoms with Gasteiger partial charge in [-0.2, -0.15) is 5.10 Å². The van der Waals surface area contributed by atoms with E-state index >= 15 is 0 Å². The van der Waals surface area contributed by atoms with Gasteiger partial charge in [0.15, 0.2) is 0 Å². The Morgan fingerprint density at radius 2 is 2.04 bits per heavy atom. The lowest BCUT2D eigenvalue weighted by atomic mass is 10.0. The van der Waals surface area contributed by atoms with E-state index in [9.17, 15) is 9.59 Å². The van der Waals surface area contributed by atoms with Crippen LogP contribution in [0.2, 0.25) is 0 Å². The highest BCUT2D eigenvalue weighted by atomic mass is 32.1. The van der Waals surface area contributed by atoms with Gasteiger partial charge in [0, 0.05) is 30.0 Å². The van der Waals surface area contributed by atoms with Crippen LogP contribution >= 0.6 is 11.3 Å². The number of thiophene rings is 1. The van der Waals surface area contributed by atoms with E-state index in [2.05, 4.69) is 16.6 Å². The first-order valence-electron chi connectivity index (χ1n) is 8.40. The number of benzene rings is 1. The molecule has 0 bridgehead atoms. The molecule has 0 radical (unpaired) electrons. The second kappa shape index (κ2) is 8.07. The fraction of sp³-hybridized carbons (Fsp3) is 0.316. The van der Waals surface area contributed by atoms with E-state index in [1.165, 1.54) is 5.56 Å². The van der Waals surface area contributed by atoms with E-state index in [1.54, 1.807) is 16.2 Å². The molecule has 0 saturated heterocycles. The van der Waals surface area contributed by atoms with Crippen LogP contribution in [0.1, 0.15) is 36.6 Å². The van der Waals surface area contributed by atoms with Crippen LogP contribution in [-0.4, -0.2) is 24.1 Å². The molecule has 6 heteroatoms. The first-order valence-corrected chi connectivity index (χ1v) is 9.28. The van der Waals surface area contributed by atoms with Gasteiger partial charge < -0.3 is 4.90 Å². The Morgan fingerprint density at radius 3 is 2.84 bits per heavy atom. The number of hydrazone groups is 1. The molecule has 2 heterocycles. The van der Waals surface area contributed by atoms with Crippen LogP contribution in [0.5, 0.6) is 0 Å². The molecule has 0 spiro atoms. The van der Waals surface area contributed by atoms with Crippen LogP contribution in [0.15, 0.2) is 46.9 Å². The second-order valence-corrected chi connectivity index (χ2v) is 6.93. The van der Waals surface area contributed by atoms with Crippen molar-refractivity contribution >= 4 is 34.6 Å². The number of nitrogens with zero attached hydrogens (tertiary/aromatic N) is 2. The number of carbonyl (C=O) groups is 2. The fourth-order valence-electron chi connectivity index (χ4n) is 2.89. The number of hydrogen-bond donors (Lipinski definition) is 1. The van der Waals surface area contributed by atoms with E-state index in [-0.39, 0.29) is 24.7 Å². The predicted molar refractivity (Wildman–Crippen MR) is 101 cm³/mol. The SMILES string of the molecule is C/C(=N\NC(=O)CCC(=O)N1CCCc2ccccc21)c1cccs1. The number of para-hydroxylation sites is 1. The molecule has 1 aromatic carbocycles. The molecule has 1 N–H and O–H groups in total. The first kappa shape index (κ1) is 17.4. The Kier molecular flexibility index (Phi) is 5.60. The topological polar surface area (TPSA) is 61.8 Å². The fourth-order valence-corrected chi connectivity index (χ4v) is 3.57. The molecule has 0 atom stereocenters. The summed E-state index contributed by atoms with van der Waals surface area (Å²) in [6, 6.07) is 11.9. The molecule has 1 aliphatic rings. The highest BCUT2D eigenvalue weighted by Gasteiger charge is 2.22. The van der Waals surface area contributed by atoms with Crippen LogP contribution in [-0.2, 0) is 16.0 Å². The number of aryl methyl sites for hydroxylation is 1. The summed E-state index contributed by atoms with van der Waals surface area (Å²) in [5, 5.41) is 6.06. The van der Waals surface area contributed by atoms with Crippen LogP contribution in [0.4, 0.5) is 5.69 Å². The van der Waals surface area contributed by atoms with Gasteiger partial charge in [-0.05, 0) is 42.8 Å². The maximum Gasteiger partial charge on any atom is 0.240 e. The average molecular weight is 355 g/mol. The Bertz CT molecular complexity index is 784. The predicted octanol–water partition coefficient (Wildman–Crippen LogP) is 3.35. The lowest BCUT2D eigenvalue weighted by Gasteiger charge is -2.29.